The van der Waals surface area contributed by atoms with E-state index in [4.69, 9.17) is 0 Å². The highest BCUT2D eigenvalue weighted by Crippen LogP contribution is 2.30. The number of hydrogen-bond donors (Lipinski definition) is 2. The van der Waals surface area contributed by atoms with Crippen molar-refractivity contribution in [2.75, 3.05) is 7.05 Å². The summed E-state index contributed by atoms with van der Waals surface area (Å²) in [6.07, 6.45) is 5.04. The monoisotopic (exact) mass is 356 g/mol. The normalized spacial score (nSPS) is 16.8. The molecule has 0 fully saturated rings. The average Bonchev–Trinajstić information content (AvgIpc) is 3.03. The van der Waals surface area contributed by atoms with E-state index < -0.39 is 10.0 Å². The Balaban J connectivity index is 1.64. The molecule has 0 saturated carbocycles. The largest absolute Gasteiger partial charge is 0.346 e. The number of carbonyl (C=O) groups is 1. The van der Waals surface area contributed by atoms with Crippen LogP contribution in [-0.2, 0) is 21.2 Å². The SMILES string of the molecule is CNS(=O)(=O)c1ccc(/C=C/C(=O)NC2CCc3ccccc32)cc1. The maximum atomic E-state index is 12.2. The number of fused-ring (bicyclic) bond motifs is 1. The van der Waals surface area contributed by atoms with Crippen molar-refractivity contribution in [3.63, 3.8) is 0 Å². The third-order valence-electron chi connectivity index (χ3n) is 4.34. The van der Waals surface area contributed by atoms with E-state index in [0.717, 1.165) is 18.4 Å². The van der Waals surface area contributed by atoms with Gasteiger partial charge in [-0.2, -0.15) is 0 Å². The van der Waals surface area contributed by atoms with Crippen LogP contribution in [0.5, 0.6) is 0 Å². The molecule has 0 heterocycles. The van der Waals surface area contributed by atoms with Crippen molar-refractivity contribution in [2.45, 2.75) is 23.8 Å². The fraction of sp³-hybridized carbons (Fsp3) is 0.211. The predicted octanol–water partition coefficient (Wildman–Crippen LogP) is 2.41. The fourth-order valence-electron chi connectivity index (χ4n) is 2.97. The second kappa shape index (κ2) is 7.21. The number of carbonyl (C=O) groups excluding carboxylic acids is 1. The first-order valence-electron chi connectivity index (χ1n) is 8.09. The lowest BCUT2D eigenvalue weighted by atomic mass is 10.1. The lowest BCUT2D eigenvalue weighted by molar-refractivity contribution is -0.117. The van der Waals surface area contributed by atoms with E-state index in [-0.39, 0.29) is 16.8 Å². The van der Waals surface area contributed by atoms with Crippen LogP contribution in [0.2, 0.25) is 0 Å². The second-order valence-corrected chi connectivity index (χ2v) is 7.80. The molecular formula is C19H20N2O3S. The first-order valence-corrected chi connectivity index (χ1v) is 9.58. The minimum atomic E-state index is -3.44. The van der Waals surface area contributed by atoms with E-state index in [2.05, 4.69) is 22.2 Å². The fourth-order valence-corrected chi connectivity index (χ4v) is 3.70. The second-order valence-electron chi connectivity index (χ2n) is 5.91. The Morgan fingerprint density at radius 3 is 2.56 bits per heavy atom. The van der Waals surface area contributed by atoms with E-state index in [1.54, 1.807) is 18.2 Å². The number of rotatable bonds is 5. The van der Waals surface area contributed by atoms with E-state index in [9.17, 15) is 13.2 Å². The Labute approximate surface area is 147 Å². The molecule has 130 valence electrons. The molecule has 2 aromatic rings. The maximum Gasteiger partial charge on any atom is 0.244 e. The van der Waals surface area contributed by atoms with Gasteiger partial charge in [0.15, 0.2) is 0 Å². The Hall–Kier alpha value is -2.44. The number of aryl methyl sites for hydroxylation is 1. The first kappa shape index (κ1) is 17.4. The van der Waals surface area contributed by atoms with Crippen molar-refractivity contribution in [2.24, 2.45) is 0 Å². The van der Waals surface area contributed by atoms with Crippen LogP contribution in [0.1, 0.15) is 29.2 Å². The van der Waals surface area contributed by atoms with Crippen molar-refractivity contribution in [1.29, 1.82) is 0 Å². The minimum absolute atomic E-state index is 0.0523. The van der Waals surface area contributed by atoms with Gasteiger partial charge in [0.25, 0.3) is 0 Å². The van der Waals surface area contributed by atoms with Gasteiger partial charge in [-0.1, -0.05) is 36.4 Å². The molecule has 0 aliphatic heterocycles. The molecule has 6 heteroatoms. The zero-order valence-electron chi connectivity index (χ0n) is 13.9. The third kappa shape index (κ3) is 3.97. The summed E-state index contributed by atoms with van der Waals surface area (Å²) in [5, 5.41) is 3.02. The molecule has 0 bridgehead atoms. The molecule has 25 heavy (non-hydrogen) atoms. The highest BCUT2D eigenvalue weighted by Gasteiger charge is 2.22. The van der Waals surface area contributed by atoms with E-state index in [1.807, 2.05) is 12.1 Å². The maximum absolute atomic E-state index is 12.2. The third-order valence-corrected chi connectivity index (χ3v) is 5.77. The topological polar surface area (TPSA) is 75.3 Å². The quantitative estimate of drug-likeness (QED) is 0.808. The standard InChI is InChI=1S/C19H20N2O3S/c1-20-25(23,24)16-10-6-14(7-11-16)8-13-19(22)21-18-12-9-15-4-2-3-5-17(15)18/h2-8,10-11,13,18,20H,9,12H2,1H3,(H,21,22)/b13-8+. The van der Waals surface area contributed by atoms with Gasteiger partial charge in [0.05, 0.1) is 10.9 Å². The summed E-state index contributed by atoms with van der Waals surface area (Å²) in [6, 6.07) is 14.6. The Bertz CT molecular complexity index is 903. The van der Waals surface area contributed by atoms with Crippen LogP contribution in [0.3, 0.4) is 0 Å². The molecule has 1 aliphatic carbocycles. The first-order chi connectivity index (χ1) is 12.0. The van der Waals surface area contributed by atoms with Crippen LogP contribution < -0.4 is 10.0 Å². The molecule has 3 rings (SSSR count). The molecule has 1 aliphatic rings. The highest BCUT2D eigenvalue weighted by molar-refractivity contribution is 7.89. The lowest BCUT2D eigenvalue weighted by Crippen LogP contribution is -2.25. The predicted molar refractivity (Wildman–Crippen MR) is 97.4 cm³/mol. The lowest BCUT2D eigenvalue weighted by Gasteiger charge is -2.12. The zero-order chi connectivity index (χ0) is 17.9. The smallest absolute Gasteiger partial charge is 0.244 e. The summed E-state index contributed by atoms with van der Waals surface area (Å²) in [5.41, 5.74) is 3.24. The van der Waals surface area contributed by atoms with Crippen LogP contribution in [0.25, 0.3) is 6.08 Å². The molecule has 0 spiro atoms. The van der Waals surface area contributed by atoms with Crippen LogP contribution >= 0.6 is 0 Å². The summed E-state index contributed by atoms with van der Waals surface area (Å²) in [5.74, 6) is -0.159. The minimum Gasteiger partial charge on any atom is -0.346 e. The van der Waals surface area contributed by atoms with Gasteiger partial charge in [-0.3, -0.25) is 4.79 Å². The van der Waals surface area contributed by atoms with Gasteiger partial charge in [-0.15, -0.1) is 0 Å². The average molecular weight is 356 g/mol. The molecule has 2 N–H and O–H groups in total. The summed E-state index contributed by atoms with van der Waals surface area (Å²) in [4.78, 5) is 12.3. The van der Waals surface area contributed by atoms with Crippen molar-refractivity contribution >= 4 is 22.0 Å². The van der Waals surface area contributed by atoms with E-state index in [0.29, 0.717) is 0 Å². The van der Waals surface area contributed by atoms with Crippen LogP contribution in [0.4, 0.5) is 0 Å². The van der Waals surface area contributed by atoms with E-state index in [1.165, 1.54) is 36.4 Å². The van der Waals surface area contributed by atoms with Gasteiger partial charge in [0.1, 0.15) is 0 Å². The Morgan fingerprint density at radius 2 is 1.84 bits per heavy atom. The van der Waals surface area contributed by atoms with Gasteiger partial charge in [-0.25, -0.2) is 13.1 Å². The highest BCUT2D eigenvalue weighted by atomic mass is 32.2. The van der Waals surface area contributed by atoms with Gasteiger partial charge in [0.2, 0.25) is 15.9 Å². The van der Waals surface area contributed by atoms with Gasteiger partial charge in [-0.05, 0) is 54.8 Å². The molecule has 0 radical (unpaired) electrons. The molecule has 1 unspecified atom stereocenters. The van der Waals surface area contributed by atoms with Gasteiger partial charge in [0, 0.05) is 6.08 Å². The summed E-state index contributed by atoms with van der Waals surface area (Å²) in [7, 11) is -2.07. The van der Waals surface area contributed by atoms with Crippen molar-refractivity contribution in [3.8, 4) is 0 Å². The molecule has 0 aromatic heterocycles. The van der Waals surface area contributed by atoms with Gasteiger partial charge < -0.3 is 5.32 Å². The van der Waals surface area contributed by atoms with Gasteiger partial charge >= 0.3 is 0 Å². The summed E-state index contributed by atoms with van der Waals surface area (Å²) in [6.45, 7) is 0. The number of hydrogen-bond acceptors (Lipinski definition) is 3. The number of benzene rings is 2. The Morgan fingerprint density at radius 1 is 1.12 bits per heavy atom. The van der Waals surface area contributed by atoms with Crippen molar-refractivity contribution in [1.82, 2.24) is 10.0 Å². The molecule has 1 atom stereocenters. The van der Waals surface area contributed by atoms with Crippen LogP contribution in [0.15, 0.2) is 59.5 Å². The zero-order valence-corrected chi connectivity index (χ0v) is 14.7. The van der Waals surface area contributed by atoms with E-state index >= 15 is 0 Å². The molecular weight excluding hydrogens is 336 g/mol. The van der Waals surface area contributed by atoms with Crippen molar-refractivity contribution < 1.29 is 13.2 Å². The molecule has 0 saturated heterocycles. The number of amides is 1. The molecule has 1 amide bonds. The van der Waals surface area contributed by atoms with Crippen LogP contribution in [0, 0.1) is 0 Å². The number of sulfonamides is 1. The van der Waals surface area contributed by atoms with Crippen molar-refractivity contribution in [3.05, 3.63) is 71.3 Å². The Kier molecular flexibility index (Phi) is 5.01. The molecule has 5 nitrogen and oxygen atoms in total. The summed E-state index contributed by atoms with van der Waals surface area (Å²) >= 11 is 0. The summed E-state index contributed by atoms with van der Waals surface area (Å²) < 4.78 is 25.6. The number of nitrogens with one attached hydrogen (secondary N) is 2. The molecule has 2 aromatic carbocycles. The van der Waals surface area contributed by atoms with Crippen LogP contribution in [-0.4, -0.2) is 21.4 Å².